The molecular weight excluding hydrogens is 306 g/mol. The van der Waals surface area contributed by atoms with E-state index < -0.39 is 5.60 Å². The van der Waals surface area contributed by atoms with Gasteiger partial charge in [-0.1, -0.05) is 0 Å². The van der Waals surface area contributed by atoms with E-state index in [4.69, 9.17) is 5.73 Å². The second kappa shape index (κ2) is 6.06. The molecule has 0 aromatic carbocycles. The van der Waals surface area contributed by atoms with Crippen molar-refractivity contribution in [3.8, 4) is 0 Å². The Kier molecular flexibility index (Phi) is 4.75. The Morgan fingerprint density at radius 3 is 2.48 bits per heavy atom. The third-order valence-corrected chi connectivity index (χ3v) is 6.02. The van der Waals surface area contributed by atoms with Crippen LogP contribution in [0, 0.1) is 0 Å². The Morgan fingerprint density at radius 1 is 1.43 bits per heavy atom. The summed E-state index contributed by atoms with van der Waals surface area (Å²) in [7, 11) is 3.47. The predicted octanol–water partition coefficient (Wildman–Crippen LogP) is 2.11. The number of hydrogen-bond acceptors (Lipinski definition) is 6. The lowest BCUT2D eigenvalue weighted by Gasteiger charge is -2.36. The van der Waals surface area contributed by atoms with Crippen molar-refractivity contribution in [2.75, 3.05) is 44.1 Å². The second-order valence-corrected chi connectivity index (χ2v) is 7.68. The molecule has 5 nitrogen and oxygen atoms in total. The van der Waals surface area contributed by atoms with E-state index in [1.165, 1.54) is 11.3 Å². The summed E-state index contributed by atoms with van der Waals surface area (Å²) in [4.78, 5) is 17.6. The maximum atomic E-state index is 12.2. The number of rotatable bonds is 3. The molecule has 0 aliphatic carbocycles. The van der Waals surface area contributed by atoms with Gasteiger partial charge in [0, 0.05) is 27.2 Å². The van der Waals surface area contributed by atoms with Gasteiger partial charge in [-0.15, -0.1) is 23.1 Å². The summed E-state index contributed by atoms with van der Waals surface area (Å²) in [6.07, 6.45) is 3.44. The first kappa shape index (κ1) is 16.5. The van der Waals surface area contributed by atoms with Crippen molar-refractivity contribution >= 4 is 39.7 Å². The molecule has 0 unspecified atom stereocenters. The monoisotopic (exact) mass is 329 g/mol. The van der Waals surface area contributed by atoms with Gasteiger partial charge in [-0.25, -0.2) is 0 Å². The molecule has 0 spiro atoms. The van der Waals surface area contributed by atoms with E-state index in [1.54, 1.807) is 30.8 Å². The highest BCUT2D eigenvalue weighted by Gasteiger charge is 2.31. The first-order chi connectivity index (χ1) is 9.76. The van der Waals surface area contributed by atoms with Gasteiger partial charge >= 0.3 is 0 Å². The fourth-order valence-corrected chi connectivity index (χ4v) is 4.63. The summed E-state index contributed by atoms with van der Waals surface area (Å²) in [5.41, 5.74) is 6.18. The lowest BCUT2D eigenvalue weighted by molar-refractivity contribution is 0.0352. The zero-order valence-electron chi connectivity index (χ0n) is 13.0. The van der Waals surface area contributed by atoms with Gasteiger partial charge in [0.2, 0.25) is 0 Å². The molecular formula is C14H23N3O2S2. The lowest BCUT2D eigenvalue weighted by Crippen LogP contribution is -2.42. The van der Waals surface area contributed by atoms with Crippen LogP contribution in [0.3, 0.4) is 0 Å². The van der Waals surface area contributed by atoms with Crippen molar-refractivity contribution < 1.29 is 9.90 Å². The summed E-state index contributed by atoms with van der Waals surface area (Å²) in [5.74, 6) is -0.0527. The fraction of sp³-hybridized carbons (Fsp3) is 0.643. The highest BCUT2D eigenvalue weighted by Crippen LogP contribution is 2.45. The minimum atomic E-state index is -0.582. The third-order valence-electron chi connectivity index (χ3n) is 3.81. The fourth-order valence-electron chi connectivity index (χ4n) is 2.38. The number of hydrogen-bond donors (Lipinski definition) is 2. The van der Waals surface area contributed by atoms with Crippen molar-refractivity contribution in [3.63, 3.8) is 0 Å². The van der Waals surface area contributed by atoms with Crippen LogP contribution in [0.2, 0.25) is 0 Å². The first-order valence-electron chi connectivity index (χ1n) is 6.92. The molecule has 2 rings (SSSR count). The van der Waals surface area contributed by atoms with E-state index in [0.717, 1.165) is 35.8 Å². The van der Waals surface area contributed by atoms with Crippen molar-refractivity contribution in [3.05, 3.63) is 4.88 Å². The number of nitrogens with zero attached hydrogens (tertiary/aromatic N) is 2. The summed E-state index contributed by atoms with van der Waals surface area (Å²) in [6.45, 7) is 3.45. The molecule has 118 valence electrons. The summed E-state index contributed by atoms with van der Waals surface area (Å²) in [5, 5.41) is 11.1. The zero-order valence-corrected chi connectivity index (χ0v) is 14.6. The highest BCUT2D eigenvalue weighted by atomic mass is 32.2. The maximum Gasteiger partial charge on any atom is 0.265 e. The molecule has 1 amide bonds. The molecule has 7 heteroatoms. The molecule has 0 saturated carbocycles. The van der Waals surface area contributed by atoms with Crippen LogP contribution in [0.25, 0.3) is 0 Å². The van der Waals surface area contributed by atoms with Gasteiger partial charge in [0.15, 0.2) is 0 Å². The molecule has 2 heterocycles. The number of carbonyl (C=O) groups excluding carboxylic acids is 1. The Bertz CT molecular complexity index is 531. The minimum Gasteiger partial charge on any atom is -0.396 e. The van der Waals surface area contributed by atoms with Crippen LogP contribution in [-0.2, 0) is 0 Å². The van der Waals surface area contributed by atoms with Crippen molar-refractivity contribution in [2.45, 2.75) is 30.3 Å². The molecule has 3 N–H and O–H groups in total. The Morgan fingerprint density at radius 2 is 2.00 bits per heavy atom. The van der Waals surface area contributed by atoms with Gasteiger partial charge in [0.05, 0.1) is 16.2 Å². The van der Waals surface area contributed by atoms with E-state index >= 15 is 0 Å². The smallest absolute Gasteiger partial charge is 0.265 e. The maximum absolute atomic E-state index is 12.2. The van der Waals surface area contributed by atoms with E-state index in [1.807, 2.05) is 13.2 Å². The number of nitrogens with two attached hydrogens (primary N) is 1. The zero-order chi connectivity index (χ0) is 15.8. The normalized spacial score (nSPS) is 17.9. The van der Waals surface area contributed by atoms with E-state index in [0.29, 0.717) is 10.6 Å². The molecule has 1 fully saturated rings. The van der Waals surface area contributed by atoms with Crippen LogP contribution >= 0.6 is 23.1 Å². The average molecular weight is 329 g/mol. The van der Waals surface area contributed by atoms with Crippen molar-refractivity contribution in [2.24, 2.45) is 0 Å². The van der Waals surface area contributed by atoms with E-state index in [2.05, 4.69) is 4.90 Å². The molecule has 1 saturated heterocycles. The van der Waals surface area contributed by atoms with Crippen LogP contribution < -0.4 is 10.6 Å². The summed E-state index contributed by atoms with van der Waals surface area (Å²) >= 11 is 3.04. The van der Waals surface area contributed by atoms with Gasteiger partial charge in [0.25, 0.3) is 5.91 Å². The highest BCUT2D eigenvalue weighted by molar-refractivity contribution is 7.99. The topological polar surface area (TPSA) is 69.8 Å². The number of piperidine rings is 1. The van der Waals surface area contributed by atoms with Gasteiger partial charge in [-0.2, -0.15) is 0 Å². The number of anilines is 2. The lowest BCUT2D eigenvalue weighted by atomic mass is 9.94. The number of nitrogen functional groups attached to an aromatic ring is 1. The van der Waals surface area contributed by atoms with Crippen molar-refractivity contribution in [1.29, 1.82) is 0 Å². The Labute approximate surface area is 134 Å². The largest absolute Gasteiger partial charge is 0.396 e. The van der Waals surface area contributed by atoms with E-state index in [9.17, 15) is 9.90 Å². The van der Waals surface area contributed by atoms with Gasteiger partial charge in [0.1, 0.15) is 9.88 Å². The third kappa shape index (κ3) is 3.30. The van der Waals surface area contributed by atoms with Gasteiger partial charge in [-0.05, 0) is 26.0 Å². The molecule has 0 radical (unpaired) electrons. The number of thioether (sulfide) groups is 1. The second-order valence-electron chi connectivity index (χ2n) is 5.87. The Hall–Kier alpha value is -0.920. The van der Waals surface area contributed by atoms with Crippen LogP contribution in [-0.4, -0.2) is 55.0 Å². The predicted molar refractivity (Wildman–Crippen MR) is 90.6 cm³/mol. The number of aliphatic hydroxyl groups is 1. The molecule has 1 aliphatic heterocycles. The minimum absolute atomic E-state index is 0.0527. The standard InChI is InChI=1S/C14H23N3O2S2/c1-14(19)5-7-17(8-6-14)13-11(20-4)9(15)10(21-13)12(18)16(2)3/h19H,5-8,15H2,1-4H3. The molecule has 0 bridgehead atoms. The number of amides is 1. The van der Waals surface area contributed by atoms with Crippen LogP contribution in [0.15, 0.2) is 4.90 Å². The van der Waals surface area contributed by atoms with Crippen molar-refractivity contribution in [1.82, 2.24) is 4.90 Å². The van der Waals surface area contributed by atoms with Crippen LogP contribution in [0.4, 0.5) is 10.7 Å². The van der Waals surface area contributed by atoms with Gasteiger partial charge < -0.3 is 20.6 Å². The first-order valence-corrected chi connectivity index (χ1v) is 8.96. The quantitative estimate of drug-likeness (QED) is 0.831. The molecule has 21 heavy (non-hydrogen) atoms. The number of carbonyl (C=O) groups is 1. The van der Waals surface area contributed by atoms with E-state index in [-0.39, 0.29) is 5.91 Å². The number of thiophene rings is 1. The summed E-state index contributed by atoms with van der Waals surface area (Å²) in [6, 6.07) is 0. The van der Waals surface area contributed by atoms with Crippen LogP contribution in [0.1, 0.15) is 29.4 Å². The molecule has 1 aliphatic rings. The average Bonchev–Trinajstić information content (AvgIpc) is 2.74. The molecule has 1 aromatic heterocycles. The Balaban J connectivity index is 2.32. The molecule has 0 atom stereocenters. The molecule has 1 aromatic rings. The van der Waals surface area contributed by atoms with Crippen LogP contribution in [0.5, 0.6) is 0 Å². The summed E-state index contributed by atoms with van der Waals surface area (Å²) < 4.78 is 0. The van der Waals surface area contributed by atoms with Gasteiger partial charge in [-0.3, -0.25) is 4.79 Å². The SMILES string of the molecule is CSc1c(N2CCC(C)(O)CC2)sc(C(=O)N(C)C)c1N.